The van der Waals surface area contributed by atoms with E-state index in [-0.39, 0.29) is 0 Å². The van der Waals surface area contributed by atoms with Gasteiger partial charge in [0.1, 0.15) is 0 Å². The molecule has 0 aromatic carbocycles. The van der Waals surface area contributed by atoms with Gasteiger partial charge in [0.2, 0.25) is 0 Å². The molecule has 1 aromatic rings. The zero-order valence-corrected chi connectivity index (χ0v) is 7.88. The summed E-state index contributed by atoms with van der Waals surface area (Å²) in [6.45, 7) is 2.18. The number of aromatic nitrogens is 1. The number of nitrogens with zero attached hydrogens (tertiary/aromatic N) is 1. The van der Waals surface area contributed by atoms with Crippen LogP contribution in [0.5, 0.6) is 0 Å². The van der Waals surface area contributed by atoms with Gasteiger partial charge < -0.3 is 10.6 Å². The van der Waals surface area contributed by atoms with Gasteiger partial charge in [0.25, 0.3) is 0 Å². The number of anilines is 1. The highest BCUT2D eigenvalue weighted by molar-refractivity contribution is 5.48. The van der Waals surface area contributed by atoms with Gasteiger partial charge in [-0.2, -0.15) is 0 Å². The number of nitrogens with one attached hydrogen (secondary N) is 2. The van der Waals surface area contributed by atoms with Crippen LogP contribution in [0.3, 0.4) is 0 Å². The largest absolute Gasteiger partial charge is 0.387 e. The summed E-state index contributed by atoms with van der Waals surface area (Å²) in [5, 5.41) is 6.54. The van der Waals surface area contributed by atoms with Crippen LogP contribution in [0.1, 0.15) is 18.0 Å². The topological polar surface area (TPSA) is 37.0 Å². The summed E-state index contributed by atoms with van der Waals surface area (Å²) in [6.07, 6.45) is 3.07. The van der Waals surface area contributed by atoms with Crippen molar-refractivity contribution in [3.8, 4) is 0 Å². The maximum Gasteiger partial charge on any atom is 0.0678 e. The third-order valence-corrected chi connectivity index (χ3v) is 2.55. The minimum atomic E-state index is 0.587. The quantitative estimate of drug-likeness (QED) is 0.712. The smallest absolute Gasteiger partial charge is 0.0678 e. The molecule has 13 heavy (non-hydrogen) atoms. The van der Waals surface area contributed by atoms with Crippen molar-refractivity contribution in [1.29, 1.82) is 0 Å². The summed E-state index contributed by atoms with van der Waals surface area (Å²) >= 11 is 0. The average molecular weight is 177 g/mol. The van der Waals surface area contributed by atoms with E-state index >= 15 is 0 Å². The van der Waals surface area contributed by atoms with Crippen LogP contribution in [0.25, 0.3) is 0 Å². The van der Waals surface area contributed by atoms with Gasteiger partial charge in [-0.15, -0.1) is 0 Å². The first-order valence-electron chi connectivity index (χ1n) is 4.75. The molecule has 0 saturated carbocycles. The Bertz CT molecular complexity index is 279. The van der Waals surface area contributed by atoms with Gasteiger partial charge in [-0.1, -0.05) is 0 Å². The van der Waals surface area contributed by atoms with Crippen molar-refractivity contribution in [2.24, 2.45) is 0 Å². The molecule has 0 radical (unpaired) electrons. The molecular weight excluding hydrogens is 162 g/mol. The maximum atomic E-state index is 4.43. The van der Waals surface area contributed by atoms with Crippen LogP contribution in [0.15, 0.2) is 18.3 Å². The molecular formula is C10H15N3. The van der Waals surface area contributed by atoms with Crippen molar-refractivity contribution in [2.75, 3.05) is 25.5 Å². The fourth-order valence-electron chi connectivity index (χ4n) is 1.84. The molecule has 0 spiro atoms. The van der Waals surface area contributed by atoms with E-state index in [9.17, 15) is 0 Å². The van der Waals surface area contributed by atoms with Crippen molar-refractivity contribution in [2.45, 2.75) is 12.3 Å². The zero-order chi connectivity index (χ0) is 9.10. The van der Waals surface area contributed by atoms with Crippen LogP contribution in [-0.2, 0) is 0 Å². The number of hydrogen-bond acceptors (Lipinski definition) is 3. The van der Waals surface area contributed by atoms with Crippen LogP contribution in [-0.4, -0.2) is 25.1 Å². The Hall–Kier alpha value is -1.09. The molecule has 1 aromatic heterocycles. The first-order chi connectivity index (χ1) is 6.42. The highest BCUT2D eigenvalue weighted by Gasteiger charge is 2.19. The summed E-state index contributed by atoms with van der Waals surface area (Å²) in [6, 6.07) is 4.05. The Kier molecular flexibility index (Phi) is 2.45. The summed E-state index contributed by atoms with van der Waals surface area (Å²) in [5.74, 6) is 0.587. The molecule has 0 amide bonds. The molecule has 1 atom stereocenters. The van der Waals surface area contributed by atoms with Gasteiger partial charge in [-0.3, -0.25) is 4.98 Å². The Morgan fingerprint density at radius 2 is 2.54 bits per heavy atom. The normalized spacial score (nSPS) is 21.8. The van der Waals surface area contributed by atoms with Crippen LogP contribution in [0, 0.1) is 0 Å². The predicted octanol–water partition coefficient (Wildman–Crippen LogP) is 1.20. The Labute approximate surface area is 78.6 Å². The molecule has 3 nitrogen and oxygen atoms in total. The van der Waals surface area contributed by atoms with Gasteiger partial charge in [-0.25, -0.2) is 0 Å². The van der Waals surface area contributed by atoms with Crippen molar-refractivity contribution < 1.29 is 0 Å². The minimum absolute atomic E-state index is 0.587. The summed E-state index contributed by atoms with van der Waals surface area (Å²) in [5.41, 5.74) is 2.37. The molecule has 1 fully saturated rings. The lowest BCUT2D eigenvalue weighted by atomic mass is 10.0. The van der Waals surface area contributed by atoms with Gasteiger partial charge in [-0.05, 0) is 25.1 Å². The number of rotatable bonds is 2. The van der Waals surface area contributed by atoms with E-state index in [2.05, 4.69) is 21.7 Å². The first kappa shape index (κ1) is 8.51. The van der Waals surface area contributed by atoms with E-state index in [4.69, 9.17) is 0 Å². The van der Waals surface area contributed by atoms with Crippen LogP contribution < -0.4 is 10.6 Å². The van der Waals surface area contributed by atoms with E-state index < -0.39 is 0 Å². The van der Waals surface area contributed by atoms with Gasteiger partial charge >= 0.3 is 0 Å². The Balaban J connectivity index is 2.26. The third-order valence-electron chi connectivity index (χ3n) is 2.55. The molecule has 1 aliphatic heterocycles. The summed E-state index contributed by atoms with van der Waals surface area (Å²) in [7, 11) is 1.95. The lowest BCUT2D eigenvalue weighted by Gasteiger charge is -2.12. The fourth-order valence-corrected chi connectivity index (χ4v) is 1.84. The van der Waals surface area contributed by atoms with Crippen molar-refractivity contribution >= 4 is 5.69 Å². The van der Waals surface area contributed by atoms with Crippen molar-refractivity contribution in [3.63, 3.8) is 0 Å². The third kappa shape index (κ3) is 1.65. The molecule has 1 aliphatic rings. The van der Waals surface area contributed by atoms with E-state index in [0.29, 0.717) is 5.92 Å². The van der Waals surface area contributed by atoms with Gasteiger partial charge in [0, 0.05) is 25.7 Å². The van der Waals surface area contributed by atoms with Crippen molar-refractivity contribution in [3.05, 3.63) is 24.0 Å². The van der Waals surface area contributed by atoms with E-state index in [1.54, 1.807) is 0 Å². The average Bonchev–Trinajstić information content (AvgIpc) is 2.70. The number of hydrogen-bond donors (Lipinski definition) is 2. The Morgan fingerprint density at radius 3 is 3.23 bits per heavy atom. The molecule has 2 N–H and O–H groups in total. The molecule has 70 valence electrons. The fraction of sp³-hybridized carbons (Fsp3) is 0.500. The minimum Gasteiger partial charge on any atom is -0.387 e. The molecule has 1 unspecified atom stereocenters. The molecule has 3 heteroatoms. The van der Waals surface area contributed by atoms with Gasteiger partial charge in [0.05, 0.1) is 11.4 Å². The maximum absolute atomic E-state index is 4.43. The second-order valence-corrected chi connectivity index (χ2v) is 3.38. The lowest BCUT2D eigenvalue weighted by Crippen LogP contribution is -2.10. The zero-order valence-electron chi connectivity index (χ0n) is 7.88. The molecule has 0 aliphatic carbocycles. The standard InChI is InChI=1S/C10H15N3/c1-11-9-3-2-5-13-10(9)8-4-6-12-7-8/h2-3,5,8,11-12H,4,6-7H2,1H3. The predicted molar refractivity (Wildman–Crippen MR) is 54.0 cm³/mol. The number of pyridine rings is 1. The van der Waals surface area contributed by atoms with E-state index in [1.165, 1.54) is 12.1 Å². The second-order valence-electron chi connectivity index (χ2n) is 3.38. The highest BCUT2D eigenvalue weighted by Crippen LogP contribution is 2.26. The van der Waals surface area contributed by atoms with Gasteiger partial charge in [0.15, 0.2) is 0 Å². The first-order valence-corrected chi connectivity index (χ1v) is 4.75. The van der Waals surface area contributed by atoms with E-state index in [0.717, 1.165) is 18.8 Å². The summed E-state index contributed by atoms with van der Waals surface area (Å²) < 4.78 is 0. The monoisotopic (exact) mass is 177 g/mol. The molecule has 1 saturated heterocycles. The van der Waals surface area contributed by atoms with Crippen LogP contribution in [0.2, 0.25) is 0 Å². The second kappa shape index (κ2) is 3.75. The van der Waals surface area contributed by atoms with Crippen molar-refractivity contribution in [1.82, 2.24) is 10.3 Å². The molecule has 0 bridgehead atoms. The lowest BCUT2D eigenvalue weighted by molar-refractivity contribution is 0.737. The highest BCUT2D eigenvalue weighted by atomic mass is 14.9. The van der Waals surface area contributed by atoms with Crippen LogP contribution >= 0.6 is 0 Å². The van der Waals surface area contributed by atoms with E-state index in [1.807, 2.05) is 19.3 Å². The summed E-state index contributed by atoms with van der Waals surface area (Å²) in [4.78, 5) is 4.43. The SMILES string of the molecule is CNc1cccnc1C1CCNC1. The molecule has 2 heterocycles. The Morgan fingerprint density at radius 1 is 1.62 bits per heavy atom. The molecule has 2 rings (SSSR count). The van der Waals surface area contributed by atoms with Crippen LogP contribution in [0.4, 0.5) is 5.69 Å².